The van der Waals surface area contributed by atoms with Crippen LogP contribution < -0.4 is 5.32 Å². The van der Waals surface area contributed by atoms with E-state index in [-0.39, 0.29) is 17.9 Å². The second kappa shape index (κ2) is 7.53. The van der Waals surface area contributed by atoms with Gasteiger partial charge >= 0.3 is 0 Å². The Bertz CT molecular complexity index is 280. The summed E-state index contributed by atoms with van der Waals surface area (Å²) in [5.74, 6) is 1.51. The summed E-state index contributed by atoms with van der Waals surface area (Å²) in [5, 5.41) is 12.5. The van der Waals surface area contributed by atoms with Crippen LogP contribution in [0.15, 0.2) is 0 Å². The van der Waals surface area contributed by atoms with Crippen LogP contribution in [0, 0.1) is 0 Å². The van der Waals surface area contributed by atoms with Gasteiger partial charge in [-0.25, -0.2) is 8.42 Å². The molecular formula is C10H23NO3S2. The van der Waals surface area contributed by atoms with Crippen LogP contribution in [-0.2, 0) is 9.84 Å². The molecule has 0 aliphatic carbocycles. The minimum absolute atomic E-state index is 0.0683. The van der Waals surface area contributed by atoms with E-state index in [4.69, 9.17) is 0 Å². The van der Waals surface area contributed by atoms with Crippen molar-refractivity contribution in [3.05, 3.63) is 0 Å². The third-order valence-corrected chi connectivity index (χ3v) is 4.71. The highest BCUT2D eigenvalue weighted by molar-refractivity contribution is 8.00. The van der Waals surface area contributed by atoms with Gasteiger partial charge in [-0.1, -0.05) is 6.92 Å². The fourth-order valence-electron chi connectivity index (χ4n) is 1.09. The summed E-state index contributed by atoms with van der Waals surface area (Å²) in [6, 6.07) is 0. The molecule has 0 aliphatic rings. The zero-order valence-electron chi connectivity index (χ0n) is 10.3. The van der Waals surface area contributed by atoms with E-state index in [1.807, 2.05) is 6.92 Å². The molecule has 0 aromatic heterocycles. The minimum Gasteiger partial charge on any atom is -0.394 e. The molecule has 0 fully saturated rings. The maximum atomic E-state index is 10.9. The van der Waals surface area contributed by atoms with Crippen molar-refractivity contribution in [2.24, 2.45) is 0 Å². The van der Waals surface area contributed by atoms with Crippen molar-refractivity contribution in [2.75, 3.05) is 36.7 Å². The first-order valence-corrected chi connectivity index (χ1v) is 8.66. The van der Waals surface area contributed by atoms with Crippen molar-refractivity contribution in [3.63, 3.8) is 0 Å². The number of nitrogens with one attached hydrogen (secondary N) is 1. The highest BCUT2D eigenvalue weighted by Gasteiger charge is 2.21. The molecule has 0 heterocycles. The van der Waals surface area contributed by atoms with Crippen molar-refractivity contribution in [1.29, 1.82) is 0 Å². The van der Waals surface area contributed by atoms with Crippen LogP contribution >= 0.6 is 11.8 Å². The lowest BCUT2D eigenvalue weighted by atomic mass is 10.1. The molecule has 6 heteroatoms. The molecule has 0 aromatic carbocycles. The first kappa shape index (κ1) is 16.2. The van der Waals surface area contributed by atoms with Gasteiger partial charge in [0.25, 0.3) is 0 Å². The van der Waals surface area contributed by atoms with Gasteiger partial charge in [0.1, 0.15) is 9.84 Å². The van der Waals surface area contributed by atoms with Crippen LogP contribution in [0.4, 0.5) is 0 Å². The lowest BCUT2D eigenvalue weighted by Crippen LogP contribution is -2.48. The van der Waals surface area contributed by atoms with E-state index >= 15 is 0 Å². The zero-order chi connectivity index (χ0) is 12.7. The molecule has 0 spiro atoms. The molecule has 1 atom stereocenters. The van der Waals surface area contributed by atoms with E-state index in [1.54, 1.807) is 11.8 Å². The number of aliphatic hydroxyl groups excluding tert-OH is 1. The SMILES string of the molecule is CCCNC(C)(CO)CSCCS(C)(=O)=O. The zero-order valence-corrected chi connectivity index (χ0v) is 12.0. The van der Waals surface area contributed by atoms with Crippen LogP contribution in [0.5, 0.6) is 0 Å². The monoisotopic (exact) mass is 269 g/mol. The van der Waals surface area contributed by atoms with Crippen molar-refractivity contribution < 1.29 is 13.5 Å². The van der Waals surface area contributed by atoms with Gasteiger partial charge in [-0.2, -0.15) is 11.8 Å². The highest BCUT2D eigenvalue weighted by atomic mass is 32.2. The Balaban J connectivity index is 3.86. The van der Waals surface area contributed by atoms with Crippen LogP contribution in [-0.4, -0.2) is 55.7 Å². The summed E-state index contributed by atoms with van der Waals surface area (Å²) in [5.41, 5.74) is -0.307. The molecule has 98 valence electrons. The van der Waals surface area contributed by atoms with Gasteiger partial charge < -0.3 is 10.4 Å². The largest absolute Gasteiger partial charge is 0.394 e. The number of hydrogen-bond acceptors (Lipinski definition) is 5. The Labute approximate surface area is 103 Å². The quantitative estimate of drug-likeness (QED) is 0.597. The lowest BCUT2D eigenvalue weighted by molar-refractivity contribution is 0.192. The number of sulfone groups is 1. The Morgan fingerprint density at radius 1 is 1.44 bits per heavy atom. The number of thioether (sulfide) groups is 1. The molecule has 0 aliphatic heterocycles. The summed E-state index contributed by atoms with van der Waals surface area (Å²) in [6.45, 7) is 4.96. The maximum absolute atomic E-state index is 10.9. The summed E-state index contributed by atoms with van der Waals surface area (Å²) < 4.78 is 21.8. The topological polar surface area (TPSA) is 66.4 Å². The number of rotatable bonds is 9. The van der Waals surface area contributed by atoms with Crippen molar-refractivity contribution >= 4 is 21.6 Å². The first-order valence-electron chi connectivity index (χ1n) is 5.44. The highest BCUT2D eigenvalue weighted by Crippen LogP contribution is 2.13. The van der Waals surface area contributed by atoms with Crippen LogP contribution in [0.1, 0.15) is 20.3 Å². The van der Waals surface area contributed by atoms with Gasteiger partial charge in [-0.05, 0) is 19.9 Å². The van der Waals surface area contributed by atoms with Crippen LogP contribution in [0.2, 0.25) is 0 Å². The fourth-order valence-corrected chi connectivity index (χ4v) is 3.56. The second-order valence-corrected chi connectivity index (χ2v) is 7.69. The van der Waals surface area contributed by atoms with Gasteiger partial charge in [0.05, 0.1) is 12.4 Å². The van der Waals surface area contributed by atoms with E-state index in [1.165, 1.54) is 6.26 Å². The van der Waals surface area contributed by atoms with Gasteiger partial charge in [0, 0.05) is 23.3 Å². The maximum Gasteiger partial charge on any atom is 0.148 e. The Morgan fingerprint density at radius 3 is 2.50 bits per heavy atom. The molecular weight excluding hydrogens is 246 g/mol. The molecule has 4 nitrogen and oxygen atoms in total. The first-order chi connectivity index (χ1) is 7.33. The fraction of sp³-hybridized carbons (Fsp3) is 1.00. The molecule has 0 aromatic rings. The van der Waals surface area contributed by atoms with Gasteiger partial charge in [0.15, 0.2) is 0 Å². The third-order valence-electron chi connectivity index (χ3n) is 2.17. The lowest BCUT2D eigenvalue weighted by Gasteiger charge is -2.28. The summed E-state index contributed by atoms with van der Waals surface area (Å²) in [7, 11) is -2.87. The summed E-state index contributed by atoms with van der Waals surface area (Å²) >= 11 is 1.56. The minimum atomic E-state index is -2.87. The molecule has 1 unspecified atom stereocenters. The predicted octanol–water partition coefficient (Wildman–Crippen LogP) is 0.515. The Hall–Kier alpha value is 0.220. The molecule has 0 bridgehead atoms. The van der Waals surface area contributed by atoms with Crippen molar-refractivity contribution in [2.45, 2.75) is 25.8 Å². The number of hydrogen-bond donors (Lipinski definition) is 2. The third kappa shape index (κ3) is 8.38. The Morgan fingerprint density at radius 2 is 2.06 bits per heavy atom. The van der Waals surface area contributed by atoms with E-state index < -0.39 is 9.84 Å². The molecule has 2 N–H and O–H groups in total. The molecule has 0 saturated carbocycles. The van der Waals surface area contributed by atoms with Gasteiger partial charge in [0.2, 0.25) is 0 Å². The molecule has 0 radical (unpaired) electrons. The smallest absolute Gasteiger partial charge is 0.148 e. The van der Waals surface area contributed by atoms with Gasteiger partial charge in [-0.3, -0.25) is 0 Å². The van der Waals surface area contributed by atoms with Gasteiger partial charge in [-0.15, -0.1) is 0 Å². The normalized spacial score (nSPS) is 16.0. The average Bonchev–Trinajstić information content (AvgIpc) is 2.20. The van der Waals surface area contributed by atoms with E-state index in [0.29, 0.717) is 5.75 Å². The molecule has 0 amide bonds. The van der Waals surface area contributed by atoms with Crippen LogP contribution in [0.3, 0.4) is 0 Å². The Kier molecular flexibility index (Phi) is 7.63. The summed E-state index contributed by atoms with van der Waals surface area (Å²) in [4.78, 5) is 0. The average molecular weight is 269 g/mol. The van der Waals surface area contributed by atoms with E-state index in [9.17, 15) is 13.5 Å². The molecule has 0 saturated heterocycles. The van der Waals surface area contributed by atoms with Crippen molar-refractivity contribution in [3.8, 4) is 0 Å². The molecule has 0 rings (SSSR count). The number of aliphatic hydroxyl groups is 1. The van der Waals surface area contributed by atoms with Crippen LogP contribution in [0.25, 0.3) is 0 Å². The standard InChI is InChI=1S/C10H23NO3S2/c1-4-5-11-10(2,8-12)9-15-6-7-16(3,13)14/h11-12H,4-9H2,1-3H3. The van der Waals surface area contributed by atoms with E-state index in [0.717, 1.165) is 18.7 Å². The molecule has 16 heavy (non-hydrogen) atoms. The van der Waals surface area contributed by atoms with Crippen molar-refractivity contribution in [1.82, 2.24) is 5.32 Å². The summed E-state index contributed by atoms with van der Waals surface area (Å²) in [6.07, 6.45) is 2.26. The predicted molar refractivity (Wildman–Crippen MR) is 70.8 cm³/mol. The second-order valence-electron chi connectivity index (χ2n) is 4.33. The van der Waals surface area contributed by atoms with E-state index in [2.05, 4.69) is 12.2 Å².